The minimum absolute atomic E-state index is 0.0233. The highest BCUT2D eigenvalue weighted by molar-refractivity contribution is 6.08. The predicted octanol–water partition coefficient (Wildman–Crippen LogP) is 3.16. The summed E-state index contributed by atoms with van der Waals surface area (Å²) >= 11 is 0. The molecule has 13 nitrogen and oxygen atoms in total. The fourth-order valence-corrected chi connectivity index (χ4v) is 4.38. The Kier molecular flexibility index (Phi) is 9.27. The fraction of sp³-hybridized carbons (Fsp3) is 0.345. The zero-order chi connectivity index (χ0) is 30.3. The van der Waals surface area contributed by atoms with Crippen molar-refractivity contribution in [1.82, 2.24) is 15.5 Å². The third-order valence-corrected chi connectivity index (χ3v) is 6.77. The number of nitrogens with zero attached hydrogens (tertiary/aromatic N) is 2. The summed E-state index contributed by atoms with van der Waals surface area (Å²) in [6.07, 6.45) is 1.54. The molecule has 5 N–H and O–H groups in total. The van der Waals surface area contributed by atoms with E-state index in [4.69, 9.17) is 14.2 Å². The van der Waals surface area contributed by atoms with Crippen LogP contribution in [0.1, 0.15) is 33.7 Å². The Hall–Kier alpha value is -4.82. The lowest BCUT2D eigenvalue weighted by molar-refractivity contribution is -0.117. The zero-order valence-electron chi connectivity index (χ0n) is 23.7. The molecule has 2 aromatic carbocycles. The van der Waals surface area contributed by atoms with Crippen molar-refractivity contribution < 1.29 is 33.0 Å². The lowest BCUT2D eigenvalue weighted by Gasteiger charge is -2.23. The van der Waals surface area contributed by atoms with E-state index in [0.717, 1.165) is 30.7 Å². The summed E-state index contributed by atoms with van der Waals surface area (Å²) in [7, 11) is 2.76. The molecule has 14 heteroatoms. The number of aromatic nitrogens is 2. The molecule has 43 heavy (non-hydrogen) atoms. The molecule has 0 radical (unpaired) electrons. The number of nitrogens with one attached hydrogen (secondary N) is 5. The van der Waals surface area contributed by atoms with Gasteiger partial charge in [-0.15, -0.1) is 10.2 Å². The van der Waals surface area contributed by atoms with Gasteiger partial charge in [0.1, 0.15) is 5.82 Å². The van der Waals surface area contributed by atoms with E-state index in [-0.39, 0.29) is 52.1 Å². The van der Waals surface area contributed by atoms with Crippen LogP contribution in [0.4, 0.5) is 33.0 Å². The predicted molar refractivity (Wildman–Crippen MR) is 156 cm³/mol. The van der Waals surface area contributed by atoms with Gasteiger partial charge in [-0.1, -0.05) is 0 Å². The Morgan fingerprint density at radius 2 is 1.74 bits per heavy atom. The van der Waals surface area contributed by atoms with Gasteiger partial charge in [0.2, 0.25) is 5.91 Å². The van der Waals surface area contributed by atoms with Crippen molar-refractivity contribution in [3.05, 3.63) is 59.5 Å². The Bertz CT molecular complexity index is 1490. The van der Waals surface area contributed by atoms with E-state index in [9.17, 15) is 18.8 Å². The van der Waals surface area contributed by atoms with Gasteiger partial charge in [0.15, 0.2) is 17.3 Å². The van der Waals surface area contributed by atoms with Crippen molar-refractivity contribution in [3.8, 4) is 5.75 Å². The fourth-order valence-electron chi connectivity index (χ4n) is 4.38. The number of rotatable bonds is 11. The van der Waals surface area contributed by atoms with Crippen molar-refractivity contribution in [1.29, 1.82) is 0 Å². The summed E-state index contributed by atoms with van der Waals surface area (Å²) in [4.78, 5) is 38.0. The first kappa shape index (κ1) is 29.7. The molecule has 1 saturated heterocycles. The summed E-state index contributed by atoms with van der Waals surface area (Å²) in [6, 6.07) is 10.6. The third kappa shape index (κ3) is 7.53. The van der Waals surface area contributed by atoms with E-state index in [1.807, 2.05) is 0 Å². The van der Waals surface area contributed by atoms with E-state index in [1.54, 1.807) is 24.3 Å². The summed E-state index contributed by atoms with van der Waals surface area (Å²) in [5, 5.41) is 21.9. The molecule has 1 aliphatic heterocycles. The molecular formula is C29H32FN7O6. The molecular weight excluding hydrogens is 561 g/mol. The summed E-state index contributed by atoms with van der Waals surface area (Å²) in [6.45, 7) is 2.26. The minimum Gasteiger partial charge on any atom is -0.494 e. The average Bonchev–Trinajstić information content (AvgIpc) is 3.87. The molecule has 3 aromatic rings. The topological polar surface area (TPSA) is 165 Å². The van der Waals surface area contributed by atoms with E-state index < -0.39 is 17.6 Å². The summed E-state index contributed by atoms with van der Waals surface area (Å²) in [5.41, 5.74) is 1.27. The Morgan fingerprint density at radius 3 is 2.42 bits per heavy atom. The first-order chi connectivity index (χ1) is 20.8. The minimum atomic E-state index is -0.729. The van der Waals surface area contributed by atoms with E-state index in [2.05, 4.69) is 36.8 Å². The Labute approximate surface area is 246 Å². The first-order valence-corrected chi connectivity index (χ1v) is 13.7. The second-order valence-electron chi connectivity index (χ2n) is 9.97. The highest BCUT2D eigenvalue weighted by atomic mass is 19.1. The zero-order valence-corrected chi connectivity index (χ0v) is 23.7. The number of hydrogen-bond donors (Lipinski definition) is 5. The number of anilines is 5. The molecule has 1 aliphatic carbocycles. The molecule has 2 aliphatic rings. The number of carbonyl (C=O) groups excluding carboxylic acids is 3. The van der Waals surface area contributed by atoms with Crippen LogP contribution in [0, 0.1) is 11.7 Å². The number of halogens is 1. The molecule has 3 amide bonds. The number of amides is 3. The number of ether oxygens (including phenoxy) is 3. The number of hydrogen-bond acceptors (Lipinski definition) is 10. The largest absolute Gasteiger partial charge is 0.494 e. The van der Waals surface area contributed by atoms with Crippen LogP contribution in [0.2, 0.25) is 0 Å². The van der Waals surface area contributed by atoms with Crippen LogP contribution in [-0.2, 0) is 14.3 Å². The SMILES string of the molecule is CNC(=O)c1nnc(NC(=O)C2CC2)cc1Nc1cc(F)cc(C(=O)Nc2ccc(NC[C@H]3COCCO3)cc2)c1OC. The molecule has 1 saturated carbocycles. The number of carbonyl (C=O) groups is 3. The molecule has 1 aromatic heterocycles. The van der Waals surface area contributed by atoms with Crippen molar-refractivity contribution >= 4 is 46.3 Å². The van der Waals surface area contributed by atoms with Crippen molar-refractivity contribution in [2.24, 2.45) is 5.92 Å². The van der Waals surface area contributed by atoms with Crippen molar-refractivity contribution in [2.45, 2.75) is 18.9 Å². The molecule has 2 heterocycles. The maximum absolute atomic E-state index is 14.8. The van der Waals surface area contributed by atoms with Gasteiger partial charge in [-0.2, -0.15) is 0 Å². The molecule has 0 bridgehead atoms. The summed E-state index contributed by atoms with van der Waals surface area (Å²) in [5.74, 6) is -2.07. The van der Waals surface area contributed by atoms with Crippen molar-refractivity contribution in [3.63, 3.8) is 0 Å². The molecule has 226 valence electrons. The van der Waals surface area contributed by atoms with E-state index in [0.29, 0.717) is 32.1 Å². The van der Waals surface area contributed by atoms with Gasteiger partial charge in [0.05, 0.1) is 50.0 Å². The van der Waals surface area contributed by atoms with Gasteiger partial charge >= 0.3 is 0 Å². The number of methoxy groups -OCH3 is 1. The smallest absolute Gasteiger partial charge is 0.273 e. The average molecular weight is 594 g/mol. The van der Waals surface area contributed by atoms with Crippen LogP contribution in [0.3, 0.4) is 0 Å². The monoisotopic (exact) mass is 593 g/mol. The van der Waals surface area contributed by atoms with Gasteiger partial charge < -0.3 is 40.8 Å². The maximum Gasteiger partial charge on any atom is 0.273 e. The van der Waals surface area contributed by atoms with Gasteiger partial charge in [-0.25, -0.2) is 4.39 Å². The van der Waals surface area contributed by atoms with Crippen LogP contribution in [0.15, 0.2) is 42.5 Å². The van der Waals surface area contributed by atoms with Gasteiger partial charge in [-0.05, 0) is 43.2 Å². The molecule has 0 unspecified atom stereocenters. The normalized spacial score (nSPS) is 16.1. The van der Waals surface area contributed by atoms with Crippen molar-refractivity contribution in [2.75, 3.05) is 61.8 Å². The van der Waals surface area contributed by atoms with Crippen LogP contribution in [0.25, 0.3) is 0 Å². The Balaban J connectivity index is 1.33. The van der Waals surface area contributed by atoms with Gasteiger partial charge in [0.25, 0.3) is 11.8 Å². The van der Waals surface area contributed by atoms with Crippen LogP contribution < -0.4 is 31.3 Å². The van der Waals surface area contributed by atoms with E-state index >= 15 is 0 Å². The lowest BCUT2D eigenvalue weighted by Crippen LogP contribution is -2.34. The van der Waals surface area contributed by atoms with Gasteiger partial charge in [0, 0.05) is 43.0 Å². The van der Waals surface area contributed by atoms with E-state index in [1.165, 1.54) is 20.2 Å². The first-order valence-electron chi connectivity index (χ1n) is 13.7. The maximum atomic E-state index is 14.8. The van der Waals surface area contributed by atoms with Crippen LogP contribution >= 0.6 is 0 Å². The quantitative estimate of drug-likeness (QED) is 0.223. The molecule has 5 rings (SSSR count). The second-order valence-corrected chi connectivity index (χ2v) is 9.97. The lowest BCUT2D eigenvalue weighted by atomic mass is 10.1. The Morgan fingerprint density at radius 1 is 0.977 bits per heavy atom. The van der Waals surface area contributed by atoms with Gasteiger partial charge in [-0.3, -0.25) is 14.4 Å². The standard InChI is InChI=1S/C29H32FN7O6/c1-31-29(40)25-22(13-24(36-37-25)35-27(38)16-3-4-16)34-23-12-17(30)11-21(26(23)41-2)28(39)33-19-7-5-18(6-8-19)32-14-20-15-42-9-10-43-20/h5-8,11-13,16,20,32H,3-4,9-10,14-15H2,1-2H3,(H,31,40)(H,33,39)(H2,34,35,36,38)/t20-/m0/s1. The third-order valence-electron chi connectivity index (χ3n) is 6.77. The molecule has 2 fully saturated rings. The summed E-state index contributed by atoms with van der Waals surface area (Å²) < 4.78 is 31.4. The van der Waals surface area contributed by atoms with Crippen LogP contribution in [-0.4, -0.2) is 74.5 Å². The highest BCUT2D eigenvalue weighted by Gasteiger charge is 2.30. The molecule has 0 spiro atoms. The second kappa shape index (κ2) is 13.4. The number of benzene rings is 2. The highest BCUT2D eigenvalue weighted by Crippen LogP contribution is 2.35. The molecule has 1 atom stereocenters. The van der Waals surface area contributed by atoms with Crippen LogP contribution in [0.5, 0.6) is 5.75 Å².